The highest BCUT2D eigenvalue weighted by atomic mass is 79.9. The summed E-state index contributed by atoms with van der Waals surface area (Å²) < 4.78 is 6.18. The van der Waals surface area contributed by atoms with Crippen LogP contribution < -0.4 is 0 Å². The first kappa shape index (κ1) is 12.4. The third-order valence-corrected chi connectivity index (χ3v) is 2.88. The third kappa shape index (κ3) is 3.43. The molecule has 0 spiro atoms. The van der Waals surface area contributed by atoms with Gasteiger partial charge in [0, 0.05) is 18.0 Å². The first-order chi connectivity index (χ1) is 7.19. The van der Waals surface area contributed by atoms with Crippen LogP contribution in [0.3, 0.4) is 0 Å². The lowest BCUT2D eigenvalue weighted by Gasteiger charge is -2.14. The van der Waals surface area contributed by atoms with Gasteiger partial charge >= 0.3 is 0 Å². The molecule has 1 aromatic rings. The van der Waals surface area contributed by atoms with Gasteiger partial charge in [-0.15, -0.1) is 0 Å². The minimum Gasteiger partial charge on any atom is -0.380 e. The average molecular weight is 271 g/mol. The van der Waals surface area contributed by atoms with Crippen molar-refractivity contribution in [2.75, 3.05) is 7.11 Å². The summed E-state index contributed by atoms with van der Waals surface area (Å²) >= 11 is 3.43. The zero-order chi connectivity index (χ0) is 11.3. The second kappa shape index (κ2) is 6.03. The largest absolute Gasteiger partial charge is 0.380 e. The molecule has 0 aliphatic carbocycles. The number of hydrogen-bond acceptors (Lipinski definition) is 2. The maximum atomic E-state index is 10.5. The Morgan fingerprint density at radius 1 is 1.53 bits per heavy atom. The maximum Gasteiger partial charge on any atom is 0.120 e. The molecule has 0 radical (unpaired) electrons. The number of carbonyl (C=O) groups is 1. The topological polar surface area (TPSA) is 26.3 Å². The fourth-order valence-corrected chi connectivity index (χ4v) is 2.02. The average Bonchev–Trinajstić information content (AvgIpc) is 2.18. The predicted molar refractivity (Wildman–Crippen MR) is 64.0 cm³/mol. The molecule has 0 saturated heterocycles. The van der Waals surface area contributed by atoms with Crippen LogP contribution in [0.25, 0.3) is 0 Å². The number of ether oxygens (including phenoxy) is 1. The normalized spacial score (nSPS) is 12.5. The van der Waals surface area contributed by atoms with Crippen LogP contribution in [-0.4, -0.2) is 13.4 Å². The molecule has 2 nitrogen and oxygen atoms in total. The zero-order valence-corrected chi connectivity index (χ0v) is 10.6. The molecule has 0 bridgehead atoms. The lowest BCUT2D eigenvalue weighted by molar-refractivity contribution is -0.108. The first-order valence-corrected chi connectivity index (χ1v) is 5.69. The van der Waals surface area contributed by atoms with E-state index in [1.165, 1.54) is 5.56 Å². The van der Waals surface area contributed by atoms with Crippen LogP contribution in [0.15, 0.2) is 22.7 Å². The monoisotopic (exact) mass is 270 g/mol. The smallest absolute Gasteiger partial charge is 0.120 e. The summed E-state index contributed by atoms with van der Waals surface area (Å²) in [5.74, 6) is 0.251. The minimum absolute atomic E-state index is 0.251. The first-order valence-electron chi connectivity index (χ1n) is 4.90. The standard InChI is InChI=1S/C12H15BrO2/c1-9(5-6-14)12-4-3-11(13)7-10(12)8-15-2/h3-4,6-7,9H,5,8H2,1-2H3. The zero-order valence-electron chi connectivity index (χ0n) is 9.00. The minimum atomic E-state index is 0.251. The lowest BCUT2D eigenvalue weighted by Crippen LogP contribution is -2.01. The fraction of sp³-hybridized carbons (Fsp3) is 0.417. The molecule has 1 unspecified atom stereocenters. The number of hydrogen-bond donors (Lipinski definition) is 0. The molecular formula is C12H15BrO2. The van der Waals surface area contributed by atoms with E-state index in [2.05, 4.69) is 22.9 Å². The summed E-state index contributed by atoms with van der Waals surface area (Å²) in [4.78, 5) is 10.5. The molecule has 0 N–H and O–H groups in total. The molecule has 15 heavy (non-hydrogen) atoms. The Hall–Kier alpha value is -0.670. The molecular weight excluding hydrogens is 256 g/mol. The predicted octanol–water partition coefficient (Wildman–Crippen LogP) is 3.29. The van der Waals surface area contributed by atoms with Gasteiger partial charge in [-0.3, -0.25) is 0 Å². The van der Waals surface area contributed by atoms with E-state index in [0.29, 0.717) is 13.0 Å². The van der Waals surface area contributed by atoms with Crippen molar-refractivity contribution in [3.05, 3.63) is 33.8 Å². The number of benzene rings is 1. The number of rotatable bonds is 5. The van der Waals surface area contributed by atoms with Crippen molar-refractivity contribution >= 4 is 22.2 Å². The number of methoxy groups -OCH3 is 1. The van der Waals surface area contributed by atoms with Crippen molar-refractivity contribution in [3.63, 3.8) is 0 Å². The van der Waals surface area contributed by atoms with E-state index < -0.39 is 0 Å². The molecule has 0 aliphatic heterocycles. The van der Waals surface area contributed by atoms with E-state index in [1.54, 1.807) is 7.11 Å². The van der Waals surface area contributed by atoms with Gasteiger partial charge in [-0.05, 0) is 29.2 Å². The Balaban J connectivity index is 2.98. The van der Waals surface area contributed by atoms with Crippen LogP contribution in [-0.2, 0) is 16.1 Å². The summed E-state index contributed by atoms with van der Waals surface area (Å²) in [6, 6.07) is 6.09. The van der Waals surface area contributed by atoms with Crippen LogP contribution in [0.1, 0.15) is 30.4 Å². The van der Waals surface area contributed by atoms with Gasteiger partial charge < -0.3 is 9.53 Å². The molecule has 0 saturated carbocycles. The van der Waals surface area contributed by atoms with Crippen molar-refractivity contribution in [1.82, 2.24) is 0 Å². The molecule has 1 rings (SSSR count). The van der Waals surface area contributed by atoms with E-state index in [4.69, 9.17) is 4.74 Å². The lowest BCUT2D eigenvalue weighted by atomic mass is 9.94. The molecule has 1 atom stereocenters. The maximum absolute atomic E-state index is 10.5. The summed E-state index contributed by atoms with van der Waals surface area (Å²) in [5, 5.41) is 0. The Labute approximate surface area is 98.8 Å². The van der Waals surface area contributed by atoms with Crippen LogP contribution in [0, 0.1) is 0 Å². The van der Waals surface area contributed by atoms with E-state index in [9.17, 15) is 4.79 Å². The fourth-order valence-electron chi connectivity index (χ4n) is 1.61. The molecule has 0 amide bonds. The highest BCUT2D eigenvalue weighted by Crippen LogP contribution is 2.25. The number of aldehydes is 1. The van der Waals surface area contributed by atoms with E-state index >= 15 is 0 Å². The van der Waals surface area contributed by atoms with Gasteiger partial charge in [0.1, 0.15) is 6.29 Å². The summed E-state index contributed by atoms with van der Waals surface area (Å²) in [6.45, 7) is 2.63. The van der Waals surface area contributed by atoms with E-state index in [-0.39, 0.29) is 5.92 Å². The highest BCUT2D eigenvalue weighted by Gasteiger charge is 2.10. The molecule has 1 aromatic carbocycles. The Bertz CT molecular complexity index is 336. The van der Waals surface area contributed by atoms with Gasteiger partial charge in [0.05, 0.1) is 6.61 Å². The van der Waals surface area contributed by atoms with Gasteiger partial charge in [-0.1, -0.05) is 28.9 Å². The van der Waals surface area contributed by atoms with Crippen molar-refractivity contribution in [2.45, 2.75) is 25.9 Å². The van der Waals surface area contributed by atoms with Gasteiger partial charge in [0.2, 0.25) is 0 Å². The van der Waals surface area contributed by atoms with Crippen molar-refractivity contribution < 1.29 is 9.53 Å². The summed E-state index contributed by atoms with van der Waals surface area (Å²) in [6.07, 6.45) is 1.52. The molecule has 0 aliphatic rings. The molecule has 3 heteroatoms. The van der Waals surface area contributed by atoms with Gasteiger partial charge in [-0.2, -0.15) is 0 Å². The van der Waals surface area contributed by atoms with E-state index in [0.717, 1.165) is 16.3 Å². The Morgan fingerprint density at radius 2 is 2.27 bits per heavy atom. The number of halogens is 1. The van der Waals surface area contributed by atoms with Gasteiger partial charge in [0.25, 0.3) is 0 Å². The summed E-state index contributed by atoms with van der Waals surface area (Å²) in [5.41, 5.74) is 2.33. The summed E-state index contributed by atoms with van der Waals surface area (Å²) in [7, 11) is 1.68. The van der Waals surface area contributed by atoms with Gasteiger partial charge in [-0.25, -0.2) is 0 Å². The number of carbonyl (C=O) groups excluding carboxylic acids is 1. The van der Waals surface area contributed by atoms with Crippen molar-refractivity contribution in [2.24, 2.45) is 0 Å². The quantitative estimate of drug-likeness (QED) is 0.768. The molecule has 0 fully saturated rings. The van der Waals surface area contributed by atoms with Crippen LogP contribution in [0.5, 0.6) is 0 Å². The Morgan fingerprint density at radius 3 is 2.87 bits per heavy atom. The van der Waals surface area contributed by atoms with Gasteiger partial charge in [0.15, 0.2) is 0 Å². The van der Waals surface area contributed by atoms with Crippen molar-refractivity contribution in [1.29, 1.82) is 0 Å². The SMILES string of the molecule is COCc1cc(Br)ccc1C(C)CC=O. The van der Waals surface area contributed by atoms with Crippen LogP contribution in [0.4, 0.5) is 0 Å². The highest BCUT2D eigenvalue weighted by molar-refractivity contribution is 9.10. The van der Waals surface area contributed by atoms with Crippen LogP contribution >= 0.6 is 15.9 Å². The van der Waals surface area contributed by atoms with Crippen LogP contribution in [0.2, 0.25) is 0 Å². The molecule has 0 heterocycles. The van der Waals surface area contributed by atoms with E-state index in [1.807, 2.05) is 18.2 Å². The second-order valence-corrected chi connectivity index (χ2v) is 4.50. The van der Waals surface area contributed by atoms with Crippen molar-refractivity contribution in [3.8, 4) is 0 Å². The molecule has 82 valence electrons. The third-order valence-electron chi connectivity index (χ3n) is 2.39. The molecule has 0 aromatic heterocycles. The second-order valence-electron chi connectivity index (χ2n) is 3.58. The Kier molecular flexibility index (Phi) is 4.99.